The van der Waals surface area contributed by atoms with Gasteiger partial charge < -0.3 is 0 Å². The highest BCUT2D eigenvalue weighted by Crippen LogP contribution is 2.35. The summed E-state index contributed by atoms with van der Waals surface area (Å²) >= 11 is 0. The van der Waals surface area contributed by atoms with E-state index >= 15 is 0 Å². The summed E-state index contributed by atoms with van der Waals surface area (Å²) in [5, 5.41) is 8.70. The molecular formula is C42H40P2. The van der Waals surface area contributed by atoms with Crippen LogP contribution in [0.3, 0.4) is 0 Å². The average molecular weight is 607 g/mol. The highest BCUT2D eigenvalue weighted by Gasteiger charge is 2.20. The molecule has 0 amide bonds. The largest absolute Gasteiger partial charge is 0.0622 e. The summed E-state index contributed by atoms with van der Waals surface area (Å²) in [4.78, 5) is 0. The zero-order valence-electron chi connectivity index (χ0n) is 25.3. The minimum absolute atomic E-state index is 0.571. The predicted molar refractivity (Wildman–Crippen MR) is 196 cm³/mol. The minimum atomic E-state index is -0.571. The molecular weight excluding hydrogens is 566 g/mol. The summed E-state index contributed by atoms with van der Waals surface area (Å²) in [7, 11) is -1.14. The van der Waals surface area contributed by atoms with E-state index in [1.807, 2.05) is 0 Å². The third kappa shape index (κ3) is 7.63. The van der Waals surface area contributed by atoms with Crippen LogP contribution in [0.25, 0.3) is 0 Å². The van der Waals surface area contributed by atoms with Gasteiger partial charge in [0.2, 0.25) is 0 Å². The molecule has 6 aromatic carbocycles. The smallest absolute Gasteiger partial charge is 0.0119 e. The van der Waals surface area contributed by atoms with E-state index in [2.05, 4.69) is 170 Å². The summed E-state index contributed by atoms with van der Waals surface area (Å²) in [6.07, 6.45) is 7.25. The lowest BCUT2D eigenvalue weighted by molar-refractivity contribution is 0.642. The van der Waals surface area contributed by atoms with E-state index in [0.717, 1.165) is 12.8 Å². The Morgan fingerprint density at radius 1 is 0.273 bits per heavy atom. The maximum Gasteiger partial charge on any atom is -0.0119 e. The zero-order valence-corrected chi connectivity index (χ0v) is 27.1. The van der Waals surface area contributed by atoms with Crippen molar-refractivity contribution < 1.29 is 0 Å². The molecule has 0 aliphatic rings. The monoisotopic (exact) mass is 606 g/mol. The van der Waals surface area contributed by atoms with Gasteiger partial charge in [-0.3, -0.25) is 0 Å². The minimum Gasteiger partial charge on any atom is -0.0622 e. The van der Waals surface area contributed by atoms with Crippen molar-refractivity contribution in [1.29, 1.82) is 0 Å². The van der Waals surface area contributed by atoms with Crippen molar-refractivity contribution in [1.82, 2.24) is 0 Å². The van der Waals surface area contributed by atoms with Gasteiger partial charge in [-0.05, 0) is 84.5 Å². The molecule has 0 bridgehead atoms. The predicted octanol–water partition coefficient (Wildman–Crippen LogP) is 8.55. The van der Waals surface area contributed by atoms with Crippen LogP contribution in [-0.4, -0.2) is 0 Å². The second kappa shape index (κ2) is 15.8. The van der Waals surface area contributed by atoms with Gasteiger partial charge in [0.15, 0.2) is 0 Å². The number of hydrogen-bond acceptors (Lipinski definition) is 0. The Hall–Kier alpha value is -3.82. The topological polar surface area (TPSA) is 0 Å². The van der Waals surface area contributed by atoms with Crippen LogP contribution >= 0.6 is 15.8 Å². The van der Waals surface area contributed by atoms with Crippen LogP contribution < -0.4 is 31.8 Å². The third-order valence-corrected chi connectivity index (χ3v) is 13.3. The number of unbranched alkanes of at least 4 members (excludes halogenated alkanes) is 3. The van der Waals surface area contributed by atoms with Crippen molar-refractivity contribution >= 4 is 47.7 Å². The van der Waals surface area contributed by atoms with Gasteiger partial charge in [0.25, 0.3) is 0 Å². The maximum atomic E-state index is 2.37. The second-order valence-electron chi connectivity index (χ2n) is 11.2. The molecule has 0 saturated carbocycles. The molecule has 0 aromatic heterocycles. The van der Waals surface area contributed by atoms with E-state index in [1.165, 1.54) is 68.6 Å². The summed E-state index contributed by atoms with van der Waals surface area (Å²) < 4.78 is 0. The maximum absolute atomic E-state index is 2.37. The van der Waals surface area contributed by atoms with Gasteiger partial charge in [-0.2, -0.15) is 0 Å². The fourth-order valence-electron chi connectivity index (χ4n) is 6.03. The molecule has 0 saturated heterocycles. The molecule has 218 valence electrons. The Morgan fingerprint density at radius 2 is 0.545 bits per heavy atom. The SMILES string of the molecule is c1ccc(P(c2ccccc2)c2ccccc2CCCCCCc2ccccc2P(c2ccccc2)c2ccccc2)cc1. The molecule has 0 radical (unpaired) electrons. The Bertz CT molecular complexity index is 1490. The molecule has 0 nitrogen and oxygen atoms in total. The number of hydrogen-bond donors (Lipinski definition) is 0. The van der Waals surface area contributed by atoms with Gasteiger partial charge >= 0.3 is 0 Å². The highest BCUT2D eigenvalue weighted by molar-refractivity contribution is 7.80. The Balaban J connectivity index is 1.11. The third-order valence-electron chi connectivity index (χ3n) is 8.16. The molecule has 0 aliphatic carbocycles. The Labute approximate surface area is 266 Å². The highest BCUT2D eigenvalue weighted by atomic mass is 31.1. The summed E-state index contributed by atoms with van der Waals surface area (Å²) in [6.45, 7) is 0. The molecule has 0 spiro atoms. The summed E-state index contributed by atoms with van der Waals surface area (Å²) in [5.74, 6) is 0. The second-order valence-corrected chi connectivity index (χ2v) is 15.6. The van der Waals surface area contributed by atoms with Crippen LogP contribution in [0, 0.1) is 0 Å². The number of benzene rings is 6. The van der Waals surface area contributed by atoms with Gasteiger partial charge in [0.05, 0.1) is 0 Å². The first-order valence-electron chi connectivity index (χ1n) is 15.8. The Kier molecular flexibility index (Phi) is 10.8. The molecule has 0 atom stereocenters. The van der Waals surface area contributed by atoms with E-state index in [4.69, 9.17) is 0 Å². The molecule has 0 fully saturated rings. The molecule has 2 heteroatoms. The molecule has 6 aromatic rings. The van der Waals surface area contributed by atoms with E-state index in [1.54, 1.807) is 0 Å². The van der Waals surface area contributed by atoms with Gasteiger partial charge in [0.1, 0.15) is 0 Å². The molecule has 0 aliphatic heterocycles. The van der Waals surface area contributed by atoms with Crippen molar-refractivity contribution in [3.05, 3.63) is 181 Å². The van der Waals surface area contributed by atoms with Gasteiger partial charge in [-0.15, -0.1) is 0 Å². The van der Waals surface area contributed by atoms with Gasteiger partial charge in [-0.25, -0.2) is 0 Å². The van der Waals surface area contributed by atoms with E-state index in [9.17, 15) is 0 Å². The summed E-state index contributed by atoms with van der Waals surface area (Å²) in [5.41, 5.74) is 3.01. The average Bonchev–Trinajstić information content (AvgIpc) is 3.10. The first-order valence-corrected chi connectivity index (χ1v) is 18.5. The van der Waals surface area contributed by atoms with Crippen LogP contribution in [-0.2, 0) is 12.8 Å². The zero-order chi connectivity index (χ0) is 29.8. The van der Waals surface area contributed by atoms with Crippen LogP contribution in [0.15, 0.2) is 170 Å². The number of rotatable bonds is 13. The lowest BCUT2D eigenvalue weighted by atomic mass is 10.0. The number of aryl methyl sites for hydroxylation is 2. The van der Waals surface area contributed by atoms with E-state index in [-0.39, 0.29) is 0 Å². The van der Waals surface area contributed by atoms with Crippen LogP contribution in [0.4, 0.5) is 0 Å². The van der Waals surface area contributed by atoms with Crippen LogP contribution in [0.5, 0.6) is 0 Å². The Morgan fingerprint density at radius 3 is 0.864 bits per heavy atom. The lowest BCUT2D eigenvalue weighted by Gasteiger charge is -2.22. The van der Waals surface area contributed by atoms with Gasteiger partial charge in [-0.1, -0.05) is 183 Å². The van der Waals surface area contributed by atoms with Crippen molar-refractivity contribution in [2.45, 2.75) is 38.5 Å². The fourth-order valence-corrected chi connectivity index (χ4v) is 11.0. The fraction of sp³-hybridized carbons (Fsp3) is 0.143. The normalized spacial score (nSPS) is 11.2. The molecule has 6 rings (SSSR count). The van der Waals surface area contributed by atoms with Crippen molar-refractivity contribution in [3.63, 3.8) is 0 Å². The molecule has 0 heterocycles. The molecule has 44 heavy (non-hydrogen) atoms. The van der Waals surface area contributed by atoms with E-state index in [0.29, 0.717) is 0 Å². The first kappa shape index (κ1) is 30.2. The van der Waals surface area contributed by atoms with Gasteiger partial charge in [0, 0.05) is 0 Å². The van der Waals surface area contributed by atoms with Crippen molar-refractivity contribution in [2.75, 3.05) is 0 Å². The molecule has 0 N–H and O–H groups in total. The quantitative estimate of drug-likeness (QED) is 0.0913. The van der Waals surface area contributed by atoms with Crippen LogP contribution in [0.1, 0.15) is 36.8 Å². The first-order chi connectivity index (χ1) is 21.9. The molecule has 0 unspecified atom stereocenters. The van der Waals surface area contributed by atoms with E-state index < -0.39 is 15.8 Å². The van der Waals surface area contributed by atoms with Crippen molar-refractivity contribution in [2.24, 2.45) is 0 Å². The van der Waals surface area contributed by atoms with Crippen molar-refractivity contribution in [3.8, 4) is 0 Å². The summed E-state index contributed by atoms with van der Waals surface area (Å²) in [6, 6.07) is 62.7. The lowest BCUT2D eigenvalue weighted by Crippen LogP contribution is -2.23. The van der Waals surface area contributed by atoms with Crippen LogP contribution in [0.2, 0.25) is 0 Å². The standard InChI is InChI=1S/C42H40P2/c1(7-21-35-23-17-19-33-41(35)43(37-25-9-3-10-26-37)38-27-11-4-12-28-38)2-8-22-36-24-18-20-34-42(36)44(39-29-13-5-14-30-39)40-31-15-6-16-32-40/h3-6,9-20,23-34H,1-2,7-8,21-22H2.